The van der Waals surface area contributed by atoms with Crippen LogP contribution in [-0.2, 0) is 6.54 Å². The van der Waals surface area contributed by atoms with Crippen molar-refractivity contribution in [1.29, 1.82) is 0 Å². The molecular weight excluding hydrogens is 268 g/mol. The van der Waals surface area contributed by atoms with E-state index in [1.165, 1.54) is 12.1 Å². The van der Waals surface area contributed by atoms with Gasteiger partial charge in [0.15, 0.2) is 17.4 Å². The molecule has 0 spiro atoms. The van der Waals surface area contributed by atoms with Crippen molar-refractivity contribution in [1.82, 2.24) is 5.32 Å². The average Bonchev–Trinajstić information content (AvgIpc) is 2.34. The molecule has 0 aliphatic rings. The lowest BCUT2D eigenvalue weighted by Crippen LogP contribution is -2.22. The van der Waals surface area contributed by atoms with Crippen LogP contribution < -0.4 is 10.1 Å². The summed E-state index contributed by atoms with van der Waals surface area (Å²) in [6.45, 7) is 4.74. The molecule has 0 aliphatic heterocycles. The summed E-state index contributed by atoms with van der Waals surface area (Å²) in [4.78, 5) is 0. The zero-order valence-electron chi connectivity index (χ0n) is 11.6. The second kappa shape index (κ2) is 8.38. The number of hydrogen-bond acceptors (Lipinski definition) is 3. The van der Waals surface area contributed by atoms with E-state index in [-0.39, 0.29) is 11.8 Å². The molecule has 0 saturated heterocycles. The maximum atomic E-state index is 13.7. The van der Waals surface area contributed by atoms with Gasteiger partial charge >= 0.3 is 0 Å². The zero-order chi connectivity index (χ0) is 14.3. The fraction of sp³-hybridized carbons (Fsp3) is 0.571. The summed E-state index contributed by atoms with van der Waals surface area (Å²) in [7, 11) is 0. The summed E-state index contributed by atoms with van der Waals surface area (Å²) < 4.78 is 32.7. The standard InChI is InChI=1S/C14H21F2NOS/c1-10(2)17-9-11-7-12(15)14(13(16)8-11)18-5-4-6-19-3/h7-8,10,17H,4-6,9H2,1-3H3. The third-order valence-corrected chi connectivity index (χ3v) is 3.21. The highest BCUT2D eigenvalue weighted by Crippen LogP contribution is 2.23. The van der Waals surface area contributed by atoms with Crippen LogP contribution in [0.15, 0.2) is 12.1 Å². The molecule has 0 heterocycles. The Labute approximate surface area is 117 Å². The number of rotatable bonds is 8. The van der Waals surface area contributed by atoms with Gasteiger partial charge in [0.25, 0.3) is 0 Å². The van der Waals surface area contributed by atoms with Gasteiger partial charge in [-0.3, -0.25) is 0 Å². The molecule has 0 atom stereocenters. The van der Waals surface area contributed by atoms with Gasteiger partial charge in [0.1, 0.15) is 0 Å². The lowest BCUT2D eigenvalue weighted by Gasteiger charge is -2.12. The third-order valence-electron chi connectivity index (χ3n) is 2.51. The minimum atomic E-state index is -0.635. The topological polar surface area (TPSA) is 21.3 Å². The van der Waals surface area contributed by atoms with Crippen LogP contribution in [0.25, 0.3) is 0 Å². The van der Waals surface area contributed by atoms with Crippen LogP contribution in [0.3, 0.4) is 0 Å². The molecule has 0 radical (unpaired) electrons. The third kappa shape index (κ3) is 5.78. The van der Waals surface area contributed by atoms with E-state index < -0.39 is 11.6 Å². The highest BCUT2D eigenvalue weighted by atomic mass is 32.2. The number of ether oxygens (including phenoxy) is 1. The molecule has 0 unspecified atom stereocenters. The van der Waals surface area contributed by atoms with E-state index in [1.807, 2.05) is 20.1 Å². The smallest absolute Gasteiger partial charge is 0.190 e. The van der Waals surface area contributed by atoms with Gasteiger partial charge < -0.3 is 10.1 Å². The molecule has 5 heteroatoms. The van der Waals surface area contributed by atoms with E-state index in [0.717, 1.165) is 12.2 Å². The Balaban J connectivity index is 2.63. The minimum Gasteiger partial charge on any atom is -0.488 e. The van der Waals surface area contributed by atoms with Gasteiger partial charge in [0, 0.05) is 12.6 Å². The van der Waals surface area contributed by atoms with Crippen molar-refractivity contribution in [2.24, 2.45) is 0 Å². The number of nitrogens with one attached hydrogen (secondary N) is 1. The highest BCUT2D eigenvalue weighted by Gasteiger charge is 2.12. The predicted octanol–water partition coefficient (Wildman–Crippen LogP) is 3.59. The van der Waals surface area contributed by atoms with E-state index >= 15 is 0 Å². The Morgan fingerprint density at radius 3 is 2.42 bits per heavy atom. The van der Waals surface area contributed by atoms with Crippen molar-refractivity contribution >= 4 is 11.8 Å². The average molecular weight is 289 g/mol. The normalized spacial score (nSPS) is 11.1. The van der Waals surface area contributed by atoms with Crippen molar-refractivity contribution in [2.45, 2.75) is 32.9 Å². The summed E-state index contributed by atoms with van der Waals surface area (Å²) in [5.74, 6) is -0.622. The minimum absolute atomic E-state index is 0.269. The quantitative estimate of drug-likeness (QED) is 0.739. The molecule has 0 fully saturated rings. The van der Waals surface area contributed by atoms with Crippen LogP contribution in [0.5, 0.6) is 5.75 Å². The maximum Gasteiger partial charge on any atom is 0.190 e. The molecule has 0 bridgehead atoms. The van der Waals surface area contributed by atoms with Crippen molar-refractivity contribution < 1.29 is 13.5 Å². The van der Waals surface area contributed by atoms with E-state index in [0.29, 0.717) is 18.7 Å². The molecule has 108 valence electrons. The molecule has 0 aliphatic carbocycles. The van der Waals surface area contributed by atoms with Crippen LogP contribution in [-0.4, -0.2) is 24.7 Å². The molecule has 1 aromatic rings. The highest BCUT2D eigenvalue weighted by molar-refractivity contribution is 7.98. The van der Waals surface area contributed by atoms with Crippen molar-refractivity contribution in [3.8, 4) is 5.75 Å². The molecule has 0 amide bonds. The second-order valence-electron chi connectivity index (χ2n) is 4.62. The SMILES string of the molecule is CSCCCOc1c(F)cc(CNC(C)C)cc1F. The van der Waals surface area contributed by atoms with Crippen molar-refractivity contribution in [3.05, 3.63) is 29.3 Å². The van der Waals surface area contributed by atoms with E-state index in [2.05, 4.69) is 5.32 Å². The van der Waals surface area contributed by atoms with E-state index in [4.69, 9.17) is 4.74 Å². The van der Waals surface area contributed by atoms with Gasteiger partial charge in [-0.15, -0.1) is 0 Å². The first-order chi connectivity index (χ1) is 9.04. The number of halogens is 2. The predicted molar refractivity (Wildman–Crippen MR) is 76.8 cm³/mol. The Morgan fingerprint density at radius 1 is 1.26 bits per heavy atom. The first-order valence-electron chi connectivity index (χ1n) is 6.37. The van der Waals surface area contributed by atoms with Crippen molar-refractivity contribution in [3.63, 3.8) is 0 Å². The van der Waals surface area contributed by atoms with Gasteiger partial charge in [-0.2, -0.15) is 11.8 Å². The molecule has 2 nitrogen and oxygen atoms in total. The Hall–Kier alpha value is -0.810. The number of hydrogen-bond donors (Lipinski definition) is 1. The molecule has 1 rings (SSSR count). The Kier molecular flexibility index (Phi) is 7.16. The number of benzene rings is 1. The monoisotopic (exact) mass is 289 g/mol. The molecule has 1 aromatic carbocycles. The number of thioether (sulfide) groups is 1. The molecule has 1 N–H and O–H groups in total. The largest absolute Gasteiger partial charge is 0.488 e. The zero-order valence-corrected chi connectivity index (χ0v) is 12.4. The fourth-order valence-corrected chi connectivity index (χ4v) is 1.96. The van der Waals surface area contributed by atoms with Crippen LogP contribution in [0, 0.1) is 11.6 Å². The first-order valence-corrected chi connectivity index (χ1v) is 7.77. The van der Waals surface area contributed by atoms with Crippen LogP contribution in [0.4, 0.5) is 8.78 Å². The molecular formula is C14H21F2NOS. The summed E-state index contributed by atoms with van der Waals surface area (Å²) in [6, 6.07) is 2.92. The van der Waals surface area contributed by atoms with Gasteiger partial charge in [-0.1, -0.05) is 13.8 Å². The lowest BCUT2D eigenvalue weighted by atomic mass is 10.2. The van der Waals surface area contributed by atoms with Crippen LogP contribution in [0.2, 0.25) is 0 Å². The fourth-order valence-electron chi connectivity index (χ4n) is 1.55. The van der Waals surface area contributed by atoms with Gasteiger partial charge in [-0.05, 0) is 36.1 Å². The lowest BCUT2D eigenvalue weighted by molar-refractivity contribution is 0.285. The second-order valence-corrected chi connectivity index (χ2v) is 5.60. The Bertz CT molecular complexity index is 376. The summed E-state index contributed by atoms with van der Waals surface area (Å²) >= 11 is 1.68. The summed E-state index contributed by atoms with van der Waals surface area (Å²) in [5.41, 5.74) is 0.583. The van der Waals surface area contributed by atoms with Crippen molar-refractivity contribution in [2.75, 3.05) is 18.6 Å². The van der Waals surface area contributed by atoms with E-state index in [1.54, 1.807) is 11.8 Å². The summed E-state index contributed by atoms with van der Waals surface area (Å²) in [6.07, 6.45) is 2.76. The molecule has 19 heavy (non-hydrogen) atoms. The van der Waals surface area contributed by atoms with Gasteiger partial charge in [-0.25, -0.2) is 8.78 Å². The first kappa shape index (κ1) is 16.2. The Morgan fingerprint density at radius 2 is 1.89 bits per heavy atom. The molecule has 0 aromatic heterocycles. The van der Waals surface area contributed by atoms with Crippen LogP contribution in [0.1, 0.15) is 25.8 Å². The maximum absolute atomic E-state index is 13.7. The van der Waals surface area contributed by atoms with Crippen LogP contribution >= 0.6 is 11.8 Å². The summed E-state index contributed by atoms with van der Waals surface area (Å²) in [5, 5.41) is 3.12. The van der Waals surface area contributed by atoms with E-state index in [9.17, 15) is 8.78 Å². The van der Waals surface area contributed by atoms with Gasteiger partial charge in [0.2, 0.25) is 0 Å². The molecule has 0 saturated carbocycles. The van der Waals surface area contributed by atoms with Gasteiger partial charge in [0.05, 0.1) is 6.61 Å².